The Kier molecular flexibility index (Phi) is 5.43. The van der Waals surface area contributed by atoms with Crippen LogP contribution in [0, 0.1) is 0 Å². The van der Waals surface area contributed by atoms with Gasteiger partial charge in [0.2, 0.25) is 0 Å². The molecular weight excluding hydrogens is 444 g/mol. The van der Waals surface area contributed by atoms with E-state index in [1.807, 2.05) is 0 Å². The van der Waals surface area contributed by atoms with Crippen molar-refractivity contribution in [2.45, 2.75) is 6.92 Å². The van der Waals surface area contributed by atoms with E-state index in [0.717, 1.165) is 4.48 Å². The van der Waals surface area contributed by atoms with Crippen molar-refractivity contribution in [2.75, 3.05) is 0 Å². The summed E-state index contributed by atoms with van der Waals surface area (Å²) in [5.41, 5.74) is 0. The summed E-state index contributed by atoms with van der Waals surface area (Å²) in [5.74, 6) is -0.297. The molecule has 0 atom stereocenters. The summed E-state index contributed by atoms with van der Waals surface area (Å²) >= 11 is 6.44. The molecule has 0 aliphatic rings. The van der Waals surface area contributed by atoms with E-state index in [1.165, 1.54) is 0 Å². The minimum absolute atomic E-state index is 0.252. The molecule has 0 aromatic heterocycles. The van der Waals surface area contributed by atoms with Crippen LogP contribution in [0.2, 0.25) is 0 Å². The van der Waals surface area contributed by atoms with Gasteiger partial charge >= 0.3 is 87.4 Å². The molecule has 9 heavy (non-hydrogen) atoms. The first kappa shape index (κ1) is 10.1. The number of hydrogen-bond acceptors (Lipinski definition) is 2. The van der Waals surface area contributed by atoms with Crippen LogP contribution in [0.1, 0.15) is 6.92 Å². The molecule has 0 saturated heterocycles. The molecule has 0 unspecified atom stereocenters. The number of halogens is 2. The van der Waals surface area contributed by atoms with Crippen molar-refractivity contribution >= 4 is 64.0 Å². The summed E-state index contributed by atoms with van der Waals surface area (Å²) in [7, 11) is 0. The van der Waals surface area contributed by atoms with Crippen LogP contribution in [0.3, 0.4) is 0 Å². The van der Waals surface area contributed by atoms with E-state index in [2.05, 4.69) is 34.5 Å². The van der Waals surface area contributed by atoms with E-state index in [-0.39, 0.29) is 32.2 Å². The van der Waals surface area contributed by atoms with Crippen molar-refractivity contribution < 1.29 is 7.48 Å². The van der Waals surface area contributed by atoms with Crippen molar-refractivity contribution in [3.8, 4) is 0 Å². The van der Waals surface area contributed by atoms with Crippen molar-refractivity contribution in [2.24, 2.45) is 0 Å². The third-order valence-corrected chi connectivity index (χ3v) is 3.27. The zero-order valence-electron chi connectivity index (χ0n) is 4.65. The zero-order chi connectivity index (χ0) is 7.44. The molecular formula is C4H3Br2O2Tl. The van der Waals surface area contributed by atoms with Crippen molar-refractivity contribution in [1.29, 1.82) is 0 Å². The molecule has 0 amide bonds. The molecule has 0 saturated carbocycles. The summed E-state index contributed by atoms with van der Waals surface area (Å²) < 4.78 is 5.79. The van der Waals surface area contributed by atoms with Gasteiger partial charge in [0.1, 0.15) is 0 Å². The molecule has 0 fully saturated rings. The number of hydrogen-bond donors (Lipinski definition) is 0. The first-order chi connectivity index (χ1) is 4.09. The maximum atomic E-state index is 10.6. The van der Waals surface area contributed by atoms with Gasteiger partial charge in [0.25, 0.3) is 0 Å². The fourth-order valence-electron chi connectivity index (χ4n) is 0.192. The summed E-state index contributed by atoms with van der Waals surface area (Å²) in [4.78, 5) is 10.6. The van der Waals surface area contributed by atoms with E-state index < -0.39 is 0 Å². The van der Waals surface area contributed by atoms with Gasteiger partial charge in [-0.3, -0.25) is 0 Å². The Labute approximate surface area is 86.6 Å². The summed E-state index contributed by atoms with van der Waals surface area (Å²) in [6, 6.07) is 0. The maximum absolute atomic E-state index is 10.6. The van der Waals surface area contributed by atoms with Crippen LogP contribution in [-0.4, -0.2) is 32.2 Å². The molecule has 0 bridgehead atoms. The molecule has 0 radical (unpaired) electrons. The minimum atomic E-state index is -0.297. The Morgan fingerprint density at radius 1 is 1.56 bits per heavy atom. The van der Waals surface area contributed by atoms with Crippen LogP contribution < -0.4 is 0 Å². The Bertz CT molecular complexity index is 151. The van der Waals surface area contributed by atoms with Gasteiger partial charge in [-0.05, 0) is 0 Å². The van der Waals surface area contributed by atoms with Gasteiger partial charge in [0, 0.05) is 0 Å². The van der Waals surface area contributed by atoms with E-state index in [4.69, 9.17) is 0 Å². The van der Waals surface area contributed by atoms with Crippen LogP contribution in [0.15, 0.2) is 8.96 Å². The van der Waals surface area contributed by atoms with Gasteiger partial charge < -0.3 is 0 Å². The summed E-state index contributed by atoms with van der Waals surface area (Å²) in [6.07, 6.45) is 0. The number of rotatable bonds is 1. The van der Waals surface area contributed by atoms with Gasteiger partial charge in [-0.15, -0.1) is 0 Å². The van der Waals surface area contributed by atoms with Crippen LogP contribution in [0.4, 0.5) is 0 Å². The van der Waals surface area contributed by atoms with E-state index >= 15 is 0 Å². The monoisotopic (exact) mass is 446 g/mol. The van der Waals surface area contributed by atoms with Gasteiger partial charge in [-0.25, -0.2) is 0 Å². The second-order valence-corrected chi connectivity index (χ2v) is 4.15. The Balaban J connectivity index is 4.21. The Morgan fingerprint density at radius 2 is 2.00 bits per heavy atom. The molecule has 0 N–H and O–H groups in total. The fourth-order valence-corrected chi connectivity index (χ4v) is 1.58. The van der Waals surface area contributed by atoms with Gasteiger partial charge in [-0.1, -0.05) is 0 Å². The molecule has 2 nitrogen and oxygen atoms in total. The van der Waals surface area contributed by atoms with Crippen LogP contribution in [0.5, 0.6) is 0 Å². The van der Waals surface area contributed by atoms with Crippen LogP contribution in [0.25, 0.3) is 0 Å². The van der Waals surface area contributed by atoms with Gasteiger partial charge in [0.05, 0.1) is 0 Å². The molecule has 0 aromatic rings. The number of carbonyl (C=O) groups is 1. The first-order valence-corrected chi connectivity index (χ1v) is 5.44. The molecule has 0 heterocycles. The molecule has 0 rings (SSSR count). The van der Waals surface area contributed by atoms with E-state index in [1.54, 1.807) is 6.92 Å². The average molecular weight is 447 g/mol. The molecule has 48 valence electrons. The zero-order valence-corrected chi connectivity index (χ0v) is 12.3. The topological polar surface area (TPSA) is 26.3 Å². The fraction of sp³-hybridized carbons (Fsp3) is 0.250. The van der Waals surface area contributed by atoms with E-state index in [0.29, 0.717) is 4.48 Å². The normalized spacial score (nSPS) is 12.2. The molecule has 0 aliphatic heterocycles. The third-order valence-electron chi connectivity index (χ3n) is 0.589. The van der Waals surface area contributed by atoms with Crippen molar-refractivity contribution in [1.82, 2.24) is 0 Å². The van der Waals surface area contributed by atoms with Gasteiger partial charge in [0.15, 0.2) is 0 Å². The van der Waals surface area contributed by atoms with Gasteiger partial charge in [-0.2, -0.15) is 0 Å². The number of carbonyl (C=O) groups excluding carboxylic acids is 1. The third kappa shape index (κ3) is 3.72. The van der Waals surface area contributed by atoms with Crippen LogP contribution in [-0.2, 0) is 7.48 Å². The first-order valence-electron chi connectivity index (χ1n) is 2.02. The average Bonchev–Trinajstić information content (AvgIpc) is 1.84. The summed E-state index contributed by atoms with van der Waals surface area (Å²) in [6.45, 7) is 1.77. The Morgan fingerprint density at radius 3 is 2.11 bits per heavy atom. The molecule has 5 heteroatoms. The Hall–Kier alpha value is 1.09. The second kappa shape index (κ2) is 4.84. The van der Waals surface area contributed by atoms with Crippen molar-refractivity contribution in [3.63, 3.8) is 0 Å². The molecule has 0 aromatic carbocycles. The number of allylic oxidation sites excluding steroid dienone is 1. The predicted molar refractivity (Wildman–Crippen MR) is 42.4 cm³/mol. The SMILES string of the molecule is C/C(Br)=C(\Br)C(=O)[O][Tl]. The quantitative estimate of drug-likeness (QED) is 0.452. The predicted octanol–water partition coefficient (Wildman–Crippen LogP) is 1.63. The van der Waals surface area contributed by atoms with Crippen molar-refractivity contribution in [3.05, 3.63) is 8.96 Å². The molecule has 0 aliphatic carbocycles. The molecule has 0 spiro atoms. The van der Waals surface area contributed by atoms with Crippen LogP contribution >= 0.6 is 31.9 Å². The van der Waals surface area contributed by atoms with E-state index in [9.17, 15) is 4.79 Å². The summed E-state index contributed by atoms with van der Waals surface area (Å²) in [5, 5.41) is 0. The second-order valence-electron chi connectivity index (χ2n) is 1.25. The standard InChI is InChI=1S/C4H4Br2O2.Tl/c1-2(5)3(6)4(7)8;/h1H3,(H,7,8);/q;+1/p-1/b3-2+;.